The quantitative estimate of drug-likeness (QED) is 0.689. The monoisotopic (exact) mass is 422 g/mol. The third-order valence-electron chi connectivity index (χ3n) is 5.29. The zero-order valence-electron chi connectivity index (χ0n) is 18.7. The van der Waals surface area contributed by atoms with Gasteiger partial charge >= 0.3 is 0 Å². The molecule has 1 atom stereocenters. The molecule has 0 radical (unpaired) electrons. The van der Waals surface area contributed by atoms with E-state index < -0.39 is 10.0 Å². The zero-order chi connectivity index (χ0) is 21.7. The first-order chi connectivity index (χ1) is 13.4. The van der Waals surface area contributed by atoms with Gasteiger partial charge in [0.05, 0.1) is 11.7 Å². The van der Waals surface area contributed by atoms with E-state index in [2.05, 4.69) is 26.1 Å². The minimum atomic E-state index is -3.34. The maximum absolute atomic E-state index is 12.8. The molecule has 1 unspecified atom stereocenters. The Hall–Kier alpha value is -1.40. The number of piperidine rings is 1. The highest BCUT2D eigenvalue weighted by molar-refractivity contribution is 7.89. The second-order valence-corrected chi connectivity index (χ2v) is 12.3. The zero-order valence-corrected chi connectivity index (χ0v) is 19.5. The molecule has 0 aromatic heterocycles. The molecular weight excluding hydrogens is 384 g/mol. The Morgan fingerprint density at radius 3 is 2.41 bits per heavy atom. The summed E-state index contributed by atoms with van der Waals surface area (Å²) in [5, 5.41) is 3.16. The molecular formula is C23H38N2O3S. The summed E-state index contributed by atoms with van der Waals surface area (Å²) in [5.41, 5.74) is 0.948. The number of nitrogens with one attached hydrogen (secondary N) is 1. The number of nitrogens with zero attached hydrogens (tertiary/aromatic N) is 1. The number of carbonyl (C=O) groups is 1. The second-order valence-electron chi connectivity index (χ2n) is 10.2. The van der Waals surface area contributed by atoms with Gasteiger partial charge in [-0.25, -0.2) is 12.7 Å². The molecule has 1 fully saturated rings. The minimum absolute atomic E-state index is 0.0246. The van der Waals surface area contributed by atoms with Crippen LogP contribution in [0.5, 0.6) is 0 Å². The molecule has 0 bridgehead atoms. The predicted molar refractivity (Wildman–Crippen MR) is 119 cm³/mol. The van der Waals surface area contributed by atoms with Crippen LogP contribution >= 0.6 is 0 Å². The van der Waals surface area contributed by atoms with Crippen molar-refractivity contribution < 1.29 is 13.2 Å². The van der Waals surface area contributed by atoms with E-state index in [-0.39, 0.29) is 28.5 Å². The molecule has 0 aliphatic carbocycles. The summed E-state index contributed by atoms with van der Waals surface area (Å²) in [4.78, 5) is 12.8. The van der Waals surface area contributed by atoms with E-state index in [1.54, 1.807) is 0 Å². The van der Waals surface area contributed by atoms with Crippen LogP contribution in [-0.2, 0) is 21.2 Å². The molecule has 0 spiro atoms. The first kappa shape index (κ1) is 23.9. The maximum atomic E-state index is 12.8. The van der Waals surface area contributed by atoms with Crippen LogP contribution in [-0.4, -0.2) is 43.0 Å². The fraction of sp³-hybridized carbons (Fsp3) is 0.696. The van der Waals surface area contributed by atoms with Gasteiger partial charge in [-0.05, 0) is 56.9 Å². The summed E-state index contributed by atoms with van der Waals surface area (Å²) >= 11 is 0. The summed E-state index contributed by atoms with van der Waals surface area (Å²) in [5.74, 6) is -0.165. The van der Waals surface area contributed by atoms with Crippen LogP contribution in [0.4, 0.5) is 0 Å². The van der Waals surface area contributed by atoms with Crippen molar-refractivity contribution in [1.82, 2.24) is 9.62 Å². The van der Waals surface area contributed by atoms with Gasteiger partial charge in [0.2, 0.25) is 15.9 Å². The second kappa shape index (κ2) is 9.61. The highest BCUT2D eigenvalue weighted by Crippen LogP contribution is 2.28. The number of hydrogen-bond donors (Lipinski definition) is 1. The molecule has 5 nitrogen and oxygen atoms in total. The highest BCUT2D eigenvalue weighted by Gasteiger charge is 2.35. The largest absolute Gasteiger partial charge is 0.351 e. The standard InChI is InChI=1S/C23H38N2O3S/c1-22(2,3)18-23(4,5)24-21(26)20-14-9-15-25(17-20)29(27,28)16-10-13-19-11-7-6-8-12-19/h6-8,11-12,20H,9-10,13-18H2,1-5H3,(H,24,26). The molecule has 1 saturated heterocycles. The third kappa shape index (κ3) is 8.09. The number of hydrogen-bond acceptors (Lipinski definition) is 3. The van der Waals surface area contributed by atoms with Crippen LogP contribution < -0.4 is 5.32 Å². The van der Waals surface area contributed by atoms with Gasteiger partial charge < -0.3 is 5.32 Å². The van der Waals surface area contributed by atoms with E-state index in [9.17, 15) is 13.2 Å². The normalized spacial score (nSPS) is 19.1. The van der Waals surface area contributed by atoms with E-state index in [1.165, 1.54) is 4.31 Å². The molecule has 29 heavy (non-hydrogen) atoms. The van der Waals surface area contributed by atoms with Crippen molar-refractivity contribution in [2.45, 2.75) is 72.3 Å². The topological polar surface area (TPSA) is 66.5 Å². The summed E-state index contributed by atoms with van der Waals surface area (Å²) in [7, 11) is -3.34. The highest BCUT2D eigenvalue weighted by atomic mass is 32.2. The SMILES string of the molecule is CC(C)(C)CC(C)(C)NC(=O)C1CCCN(S(=O)(=O)CCCc2ccccc2)C1. The van der Waals surface area contributed by atoms with Crippen molar-refractivity contribution in [3.8, 4) is 0 Å². The van der Waals surface area contributed by atoms with Crippen molar-refractivity contribution in [3.63, 3.8) is 0 Å². The van der Waals surface area contributed by atoms with E-state index in [0.29, 0.717) is 19.5 Å². The van der Waals surface area contributed by atoms with Crippen LogP contribution in [0.15, 0.2) is 30.3 Å². The first-order valence-corrected chi connectivity index (χ1v) is 12.3. The average molecular weight is 423 g/mol. The van der Waals surface area contributed by atoms with Gasteiger partial charge in [-0.1, -0.05) is 51.1 Å². The number of sulfonamides is 1. The lowest BCUT2D eigenvalue weighted by Crippen LogP contribution is -2.52. The average Bonchev–Trinajstić information content (AvgIpc) is 2.60. The van der Waals surface area contributed by atoms with Crippen LogP contribution in [0.25, 0.3) is 0 Å². The van der Waals surface area contributed by atoms with Crippen molar-refractivity contribution in [2.24, 2.45) is 11.3 Å². The summed E-state index contributed by atoms with van der Waals surface area (Å²) in [6.07, 6.45) is 3.68. The number of carbonyl (C=O) groups excluding carboxylic acids is 1. The summed E-state index contributed by atoms with van der Waals surface area (Å²) in [6.45, 7) is 11.4. The van der Waals surface area contributed by atoms with Gasteiger partial charge in [0.1, 0.15) is 0 Å². The Bertz CT molecular complexity index is 767. The predicted octanol–water partition coefficient (Wildman–Crippen LogP) is 3.99. The van der Waals surface area contributed by atoms with Crippen LogP contribution in [0.3, 0.4) is 0 Å². The van der Waals surface area contributed by atoms with E-state index in [4.69, 9.17) is 0 Å². The Balaban J connectivity index is 1.90. The van der Waals surface area contributed by atoms with E-state index in [0.717, 1.165) is 31.2 Å². The van der Waals surface area contributed by atoms with Gasteiger partial charge in [-0.2, -0.15) is 0 Å². The Morgan fingerprint density at radius 2 is 1.79 bits per heavy atom. The van der Waals surface area contributed by atoms with Crippen molar-refractivity contribution in [2.75, 3.05) is 18.8 Å². The molecule has 164 valence electrons. The lowest BCUT2D eigenvalue weighted by atomic mass is 9.81. The summed E-state index contributed by atoms with van der Waals surface area (Å²) in [6, 6.07) is 9.94. The van der Waals surface area contributed by atoms with Crippen LogP contribution in [0, 0.1) is 11.3 Å². The lowest BCUT2D eigenvalue weighted by molar-refractivity contribution is -0.128. The van der Waals surface area contributed by atoms with Crippen molar-refractivity contribution in [1.29, 1.82) is 0 Å². The molecule has 1 aromatic carbocycles. The number of benzene rings is 1. The molecule has 1 amide bonds. The smallest absolute Gasteiger partial charge is 0.224 e. The van der Waals surface area contributed by atoms with Crippen LogP contribution in [0.1, 0.15) is 65.9 Å². The fourth-order valence-electron chi connectivity index (χ4n) is 4.45. The first-order valence-electron chi connectivity index (χ1n) is 10.7. The molecule has 6 heteroatoms. The number of rotatable bonds is 8. The van der Waals surface area contributed by atoms with Crippen molar-refractivity contribution >= 4 is 15.9 Å². The minimum Gasteiger partial charge on any atom is -0.351 e. The molecule has 1 heterocycles. The van der Waals surface area contributed by atoms with Gasteiger partial charge in [0, 0.05) is 18.6 Å². The molecule has 1 aromatic rings. The fourth-order valence-corrected chi connectivity index (χ4v) is 6.03. The van der Waals surface area contributed by atoms with Crippen LogP contribution in [0.2, 0.25) is 0 Å². The maximum Gasteiger partial charge on any atom is 0.224 e. The lowest BCUT2D eigenvalue weighted by Gasteiger charge is -2.36. The van der Waals surface area contributed by atoms with Gasteiger partial charge in [-0.15, -0.1) is 0 Å². The van der Waals surface area contributed by atoms with E-state index >= 15 is 0 Å². The Labute approximate surface area is 177 Å². The molecule has 1 aliphatic rings. The third-order valence-corrected chi connectivity index (χ3v) is 7.22. The van der Waals surface area contributed by atoms with Gasteiger partial charge in [-0.3, -0.25) is 4.79 Å². The molecule has 1 N–H and O–H groups in total. The molecule has 2 rings (SSSR count). The Morgan fingerprint density at radius 1 is 1.14 bits per heavy atom. The number of amides is 1. The number of aryl methyl sites for hydroxylation is 1. The van der Waals surface area contributed by atoms with Gasteiger partial charge in [0.25, 0.3) is 0 Å². The Kier molecular flexibility index (Phi) is 7.91. The summed E-state index contributed by atoms with van der Waals surface area (Å²) < 4.78 is 27.2. The molecule has 1 aliphatic heterocycles. The van der Waals surface area contributed by atoms with Crippen molar-refractivity contribution in [3.05, 3.63) is 35.9 Å². The van der Waals surface area contributed by atoms with E-state index in [1.807, 2.05) is 44.2 Å². The molecule has 0 saturated carbocycles. The van der Waals surface area contributed by atoms with Gasteiger partial charge in [0.15, 0.2) is 0 Å².